The van der Waals surface area contributed by atoms with Gasteiger partial charge < -0.3 is 14.4 Å². The van der Waals surface area contributed by atoms with Gasteiger partial charge in [-0.1, -0.05) is 17.7 Å². The number of benzene rings is 2. The number of piperazine rings is 1. The Hall–Kier alpha value is -2.88. The Balaban J connectivity index is 1.47. The van der Waals surface area contributed by atoms with Crippen LogP contribution in [0, 0.1) is 0 Å². The highest BCUT2D eigenvalue weighted by atomic mass is 35.5. The molecule has 0 unspecified atom stereocenters. The summed E-state index contributed by atoms with van der Waals surface area (Å²) in [6.45, 7) is 3.20. The zero-order chi connectivity index (χ0) is 22.7. The fraction of sp³-hybridized carbons (Fsp3) is 0.273. The highest BCUT2D eigenvalue weighted by molar-refractivity contribution is 7.89. The van der Waals surface area contributed by atoms with Crippen LogP contribution in [0.15, 0.2) is 65.8 Å². The van der Waals surface area contributed by atoms with Gasteiger partial charge in [-0.3, -0.25) is 0 Å². The molecule has 8 nitrogen and oxygen atoms in total. The second kappa shape index (κ2) is 9.32. The summed E-state index contributed by atoms with van der Waals surface area (Å²) in [6.07, 6.45) is 1.44. The van der Waals surface area contributed by atoms with Crippen LogP contribution in [-0.2, 0) is 10.0 Å². The first kappa shape index (κ1) is 22.3. The smallest absolute Gasteiger partial charge is 0.243 e. The van der Waals surface area contributed by atoms with E-state index < -0.39 is 10.0 Å². The van der Waals surface area contributed by atoms with E-state index in [-0.39, 0.29) is 10.9 Å². The van der Waals surface area contributed by atoms with Crippen molar-refractivity contribution >= 4 is 27.4 Å². The monoisotopic (exact) mass is 474 g/mol. The summed E-state index contributed by atoms with van der Waals surface area (Å²) in [7, 11) is -2.02. The summed E-state index contributed by atoms with van der Waals surface area (Å²) in [4.78, 5) is 10.8. The van der Waals surface area contributed by atoms with E-state index >= 15 is 0 Å². The molecule has 0 amide bonds. The van der Waals surface area contributed by atoms with E-state index in [0.29, 0.717) is 47.9 Å². The van der Waals surface area contributed by atoms with E-state index in [9.17, 15) is 8.42 Å². The lowest BCUT2D eigenvalue weighted by molar-refractivity contribution is 0.305. The predicted octanol–water partition coefficient (Wildman–Crippen LogP) is 3.83. The summed E-state index contributed by atoms with van der Waals surface area (Å²) in [5, 5.41) is 0.498. The minimum atomic E-state index is -3.61. The van der Waals surface area contributed by atoms with Crippen molar-refractivity contribution in [3.05, 3.63) is 65.9 Å². The van der Waals surface area contributed by atoms with Crippen LogP contribution in [-0.4, -0.2) is 55.5 Å². The molecule has 3 aromatic rings. The molecule has 168 valence electrons. The third-order valence-electron chi connectivity index (χ3n) is 5.20. The third kappa shape index (κ3) is 4.79. The highest BCUT2D eigenvalue weighted by Gasteiger charge is 2.34. The predicted molar refractivity (Wildman–Crippen MR) is 122 cm³/mol. The Morgan fingerprint density at radius 2 is 1.78 bits per heavy atom. The number of aromatic nitrogens is 2. The molecule has 2 heterocycles. The largest absolute Gasteiger partial charge is 0.497 e. The van der Waals surface area contributed by atoms with Crippen LogP contribution < -0.4 is 14.4 Å². The van der Waals surface area contributed by atoms with E-state index in [1.54, 1.807) is 31.4 Å². The van der Waals surface area contributed by atoms with Crippen molar-refractivity contribution in [1.82, 2.24) is 14.3 Å². The fourth-order valence-electron chi connectivity index (χ4n) is 3.59. The number of ether oxygens (including phenoxy) is 2. The second-order valence-corrected chi connectivity index (χ2v) is 9.69. The first-order valence-electron chi connectivity index (χ1n) is 10.0. The Bertz CT molecular complexity index is 1190. The topological polar surface area (TPSA) is 84.9 Å². The van der Waals surface area contributed by atoms with Gasteiger partial charge in [0.05, 0.1) is 12.0 Å². The summed E-state index contributed by atoms with van der Waals surface area (Å²) in [5.74, 6) is 2.35. The molecular weight excluding hydrogens is 452 g/mol. The average Bonchev–Trinajstić information content (AvgIpc) is 2.79. The molecule has 10 heteroatoms. The number of sulfonamides is 1. The molecule has 0 aliphatic carbocycles. The third-order valence-corrected chi connectivity index (χ3v) is 7.48. The van der Waals surface area contributed by atoms with Crippen LogP contribution >= 0.6 is 11.6 Å². The minimum absolute atomic E-state index is 0.234. The van der Waals surface area contributed by atoms with Gasteiger partial charge in [0.15, 0.2) is 0 Å². The number of hydrogen-bond donors (Lipinski definition) is 0. The van der Waals surface area contributed by atoms with Crippen LogP contribution in [0.4, 0.5) is 5.82 Å². The molecule has 2 aromatic carbocycles. The molecule has 4 rings (SSSR count). The van der Waals surface area contributed by atoms with E-state index in [4.69, 9.17) is 21.1 Å². The van der Waals surface area contributed by atoms with E-state index in [1.807, 2.05) is 30.0 Å². The number of nitrogens with zero attached hydrogens (tertiary/aromatic N) is 4. The molecule has 0 bridgehead atoms. The fourth-order valence-corrected chi connectivity index (χ4v) is 5.33. The number of hydrogen-bond acceptors (Lipinski definition) is 7. The SMILES string of the molecule is COc1cccc(Oc2cc(N3CCN(S(=O)(=O)c4ccc(Cl)cc4)[C@@H](C)C3)ncn2)c1. The molecule has 1 aromatic heterocycles. The zero-order valence-electron chi connectivity index (χ0n) is 17.7. The maximum Gasteiger partial charge on any atom is 0.243 e. The van der Waals surface area contributed by atoms with Gasteiger partial charge in [0.2, 0.25) is 15.9 Å². The molecule has 0 saturated carbocycles. The number of halogens is 1. The first-order chi connectivity index (χ1) is 15.4. The Morgan fingerprint density at radius 1 is 1.03 bits per heavy atom. The summed E-state index contributed by atoms with van der Waals surface area (Å²) in [5.41, 5.74) is 0. The van der Waals surface area contributed by atoms with Gasteiger partial charge in [-0.25, -0.2) is 18.4 Å². The number of anilines is 1. The van der Waals surface area contributed by atoms with Crippen molar-refractivity contribution in [3.8, 4) is 17.4 Å². The molecule has 1 fully saturated rings. The Labute approximate surface area is 192 Å². The highest BCUT2D eigenvalue weighted by Crippen LogP contribution is 2.28. The van der Waals surface area contributed by atoms with Crippen molar-refractivity contribution in [3.63, 3.8) is 0 Å². The van der Waals surface area contributed by atoms with Gasteiger partial charge in [-0.15, -0.1) is 0 Å². The van der Waals surface area contributed by atoms with Crippen LogP contribution in [0.1, 0.15) is 6.92 Å². The van der Waals surface area contributed by atoms with Crippen molar-refractivity contribution in [2.75, 3.05) is 31.6 Å². The molecule has 0 spiro atoms. The maximum atomic E-state index is 13.1. The van der Waals surface area contributed by atoms with Gasteiger partial charge in [0.1, 0.15) is 23.6 Å². The number of rotatable bonds is 6. The molecule has 32 heavy (non-hydrogen) atoms. The quantitative estimate of drug-likeness (QED) is 0.536. The lowest BCUT2D eigenvalue weighted by Gasteiger charge is -2.39. The normalized spacial score (nSPS) is 17.2. The molecule has 1 aliphatic heterocycles. The lowest BCUT2D eigenvalue weighted by atomic mass is 10.2. The summed E-state index contributed by atoms with van der Waals surface area (Å²) >= 11 is 5.90. The summed E-state index contributed by atoms with van der Waals surface area (Å²) in [6, 6.07) is 15.0. The van der Waals surface area contributed by atoms with Crippen LogP contribution in [0.5, 0.6) is 17.4 Å². The first-order valence-corrected chi connectivity index (χ1v) is 11.8. The molecular formula is C22H23ClN4O4S. The van der Waals surface area contributed by atoms with Gasteiger partial charge in [0, 0.05) is 42.8 Å². The summed E-state index contributed by atoms with van der Waals surface area (Å²) < 4.78 is 38.7. The second-order valence-electron chi connectivity index (χ2n) is 7.36. The van der Waals surface area contributed by atoms with Gasteiger partial charge in [-0.2, -0.15) is 4.31 Å². The molecule has 1 aliphatic rings. The molecule has 1 atom stereocenters. The maximum absolute atomic E-state index is 13.1. The minimum Gasteiger partial charge on any atom is -0.497 e. The van der Waals surface area contributed by atoms with Crippen LogP contribution in [0.25, 0.3) is 0 Å². The van der Waals surface area contributed by atoms with E-state index in [2.05, 4.69) is 9.97 Å². The Morgan fingerprint density at radius 3 is 2.50 bits per heavy atom. The molecule has 0 N–H and O–H groups in total. The van der Waals surface area contributed by atoms with Crippen molar-refractivity contribution in [2.45, 2.75) is 17.9 Å². The van der Waals surface area contributed by atoms with Crippen molar-refractivity contribution < 1.29 is 17.9 Å². The van der Waals surface area contributed by atoms with Crippen LogP contribution in [0.2, 0.25) is 5.02 Å². The van der Waals surface area contributed by atoms with E-state index in [0.717, 1.165) is 0 Å². The molecule has 0 radical (unpaired) electrons. The lowest BCUT2D eigenvalue weighted by Crippen LogP contribution is -2.54. The van der Waals surface area contributed by atoms with Gasteiger partial charge >= 0.3 is 0 Å². The Kier molecular flexibility index (Phi) is 6.50. The molecule has 1 saturated heterocycles. The van der Waals surface area contributed by atoms with Gasteiger partial charge in [-0.05, 0) is 43.3 Å². The standard InChI is InChI=1S/C22H23ClN4O4S/c1-16-14-26(10-11-27(16)32(28,29)20-8-6-17(23)7-9-20)21-13-22(25-15-24-21)31-19-5-3-4-18(12-19)30-2/h3-9,12-13,15-16H,10-11,14H2,1-2H3/t16-/m0/s1. The van der Waals surface area contributed by atoms with Gasteiger partial charge in [0.25, 0.3) is 0 Å². The van der Waals surface area contributed by atoms with Crippen molar-refractivity contribution in [2.24, 2.45) is 0 Å². The van der Waals surface area contributed by atoms with Crippen molar-refractivity contribution in [1.29, 1.82) is 0 Å². The zero-order valence-corrected chi connectivity index (χ0v) is 19.3. The average molecular weight is 475 g/mol. The van der Waals surface area contributed by atoms with E-state index in [1.165, 1.54) is 22.8 Å². The van der Waals surface area contributed by atoms with Crippen LogP contribution in [0.3, 0.4) is 0 Å². The number of methoxy groups -OCH3 is 1.